The van der Waals surface area contributed by atoms with Crippen molar-refractivity contribution in [2.45, 2.75) is 64.8 Å². The van der Waals surface area contributed by atoms with Gasteiger partial charge >= 0.3 is 0 Å². The number of rotatable bonds is 1. The summed E-state index contributed by atoms with van der Waals surface area (Å²) in [5.41, 5.74) is 1.27. The van der Waals surface area contributed by atoms with E-state index in [1.807, 2.05) is 0 Å². The van der Waals surface area contributed by atoms with E-state index in [2.05, 4.69) is 19.2 Å². The Morgan fingerprint density at radius 1 is 0.824 bits per heavy atom. The van der Waals surface area contributed by atoms with Crippen LogP contribution in [-0.4, -0.2) is 12.6 Å². The average molecular weight is 233 g/mol. The Morgan fingerprint density at radius 2 is 1.35 bits per heavy atom. The van der Waals surface area contributed by atoms with E-state index in [0.717, 1.165) is 29.2 Å². The highest BCUT2D eigenvalue weighted by Gasteiger charge is 2.55. The van der Waals surface area contributed by atoms with Gasteiger partial charge in [-0.3, -0.25) is 0 Å². The zero-order valence-electron chi connectivity index (χ0n) is 11.5. The lowest BCUT2D eigenvalue weighted by molar-refractivity contribution is -0.0716. The second kappa shape index (κ2) is 3.29. The van der Waals surface area contributed by atoms with Gasteiger partial charge in [0.15, 0.2) is 0 Å². The maximum atomic E-state index is 3.90. The molecular formula is C16H27N. The van der Waals surface area contributed by atoms with E-state index in [9.17, 15) is 0 Å². The van der Waals surface area contributed by atoms with Crippen LogP contribution in [0, 0.1) is 28.6 Å². The zero-order chi connectivity index (χ0) is 11.7. The minimum absolute atomic E-state index is 0.550. The molecule has 1 unspecified atom stereocenters. The Kier molecular flexibility index (Phi) is 2.10. The summed E-state index contributed by atoms with van der Waals surface area (Å²) in [5.74, 6) is 3.31. The lowest BCUT2D eigenvalue weighted by Crippen LogP contribution is -2.54. The predicted molar refractivity (Wildman–Crippen MR) is 70.8 cm³/mol. The summed E-state index contributed by atoms with van der Waals surface area (Å²) in [5, 5.41) is 3.90. The summed E-state index contributed by atoms with van der Waals surface area (Å²) in [6.45, 7) is 6.14. The third-order valence-corrected chi connectivity index (χ3v) is 6.41. The molecule has 0 radical (unpaired) electrons. The van der Waals surface area contributed by atoms with Crippen LogP contribution in [-0.2, 0) is 0 Å². The molecule has 4 saturated carbocycles. The summed E-state index contributed by atoms with van der Waals surface area (Å²) in [6.07, 6.45) is 10.9. The van der Waals surface area contributed by atoms with Crippen LogP contribution in [0.15, 0.2) is 0 Å². The van der Waals surface area contributed by atoms with Crippen molar-refractivity contribution in [1.29, 1.82) is 0 Å². The van der Waals surface area contributed by atoms with E-state index in [4.69, 9.17) is 0 Å². The molecule has 1 saturated heterocycles. The first-order valence-electron chi connectivity index (χ1n) is 7.78. The number of hydrogen-bond acceptors (Lipinski definition) is 1. The first-order chi connectivity index (χ1) is 8.05. The third-order valence-electron chi connectivity index (χ3n) is 6.41. The van der Waals surface area contributed by atoms with Crippen molar-refractivity contribution in [3.05, 3.63) is 0 Å². The number of hydrogen-bond donors (Lipinski definition) is 1. The normalized spacial score (nSPS) is 55.4. The van der Waals surface area contributed by atoms with Crippen LogP contribution in [0.3, 0.4) is 0 Å². The maximum absolute atomic E-state index is 3.90. The molecule has 1 nitrogen and oxygen atoms in total. The molecule has 4 bridgehead atoms. The SMILES string of the molecule is CC1(C)CNC(C23CC4CC(CC(C4)C2)C3)C1. The highest BCUT2D eigenvalue weighted by Crippen LogP contribution is 2.62. The van der Waals surface area contributed by atoms with Gasteiger partial charge in [-0.15, -0.1) is 0 Å². The molecule has 5 aliphatic rings. The highest BCUT2D eigenvalue weighted by atomic mass is 15.0. The first-order valence-corrected chi connectivity index (χ1v) is 7.78. The van der Waals surface area contributed by atoms with Gasteiger partial charge in [0.25, 0.3) is 0 Å². The highest BCUT2D eigenvalue weighted by molar-refractivity contribution is 5.08. The van der Waals surface area contributed by atoms with Crippen LogP contribution < -0.4 is 5.32 Å². The molecule has 0 amide bonds. The minimum atomic E-state index is 0.550. The molecule has 0 spiro atoms. The van der Waals surface area contributed by atoms with Gasteiger partial charge in [-0.1, -0.05) is 13.8 Å². The lowest BCUT2D eigenvalue weighted by Gasteiger charge is -2.59. The summed E-state index contributed by atoms with van der Waals surface area (Å²) in [4.78, 5) is 0. The summed E-state index contributed by atoms with van der Waals surface area (Å²) < 4.78 is 0. The minimum Gasteiger partial charge on any atom is -0.313 e. The molecule has 1 atom stereocenters. The molecule has 1 heterocycles. The Hall–Kier alpha value is -0.0400. The summed E-state index contributed by atoms with van der Waals surface area (Å²) in [7, 11) is 0. The van der Waals surface area contributed by atoms with Crippen LogP contribution in [0.2, 0.25) is 0 Å². The molecule has 0 aromatic heterocycles. The van der Waals surface area contributed by atoms with Gasteiger partial charge < -0.3 is 5.32 Å². The standard InChI is InChI=1S/C16H27N/c1-15(2)9-14(17-10-15)16-6-11-3-12(7-16)5-13(4-11)8-16/h11-14,17H,3-10H2,1-2H3. The fourth-order valence-electron chi connectivity index (χ4n) is 6.13. The Morgan fingerprint density at radius 3 is 1.76 bits per heavy atom. The van der Waals surface area contributed by atoms with Crippen molar-refractivity contribution in [1.82, 2.24) is 5.32 Å². The van der Waals surface area contributed by atoms with Crippen molar-refractivity contribution < 1.29 is 0 Å². The summed E-state index contributed by atoms with van der Waals surface area (Å²) >= 11 is 0. The van der Waals surface area contributed by atoms with Crippen molar-refractivity contribution in [3.8, 4) is 0 Å². The molecule has 1 heteroatoms. The maximum Gasteiger partial charge on any atom is 0.0130 e. The van der Waals surface area contributed by atoms with E-state index in [1.165, 1.54) is 13.0 Å². The summed E-state index contributed by atoms with van der Waals surface area (Å²) in [6, 6.07) is 0.853. The topological polar surface area (TPSA) is 12.0 Å². The molecule has 4 aliphatic carbocycles. The first kappa shape index (κ1) is 10.8. The predicted octanol–water partition coefficient (Wildman–Crippen LogP) is 3.59. The Bertz CT molecular complexity index is 295. The van der Waals surface area contributed by atoms with Crippen molar-refractivity contribution in [2.75, 3.05) is 6.54 Å². The molecule has 5 fully saturated rings. The average Bonchev–Trinajstić information content (AvgIpc) is 2.57. The van der Waals surface area contributed by atoms with Crippen molar-refractivity contribution in [3.63, 3.8) is 0 Å². The van der Waals surface area contributed by atoms with Crippen molar-refractivity contribution >= 4 is 0 Å². The molecule has 0 aromatic rings. The quantitative estimate of drug-likeness (QED) is 0.730. The van der Waals surface area contributed by atoms with E-state index in [1.54, 1.807) is 38.5 Å². The van der Waals surface area contributed by atoms with Gasteiger partial charge in [0.05, 0.1) is 0 Å². The van der Waals surface area contributed by atoms with E-state index >= 15 is 0 Å². The van der Waals surface area contributed by atoms with Gasteiger partial charge in [-0.2, -0.15) is 0 Å². The lowest BCUT2D eigenvalue weighted by atomic mass is 9.47. The molecule has 17 heavy (non-hydrogen) atoms. The van der Waals surface area contributed by atoms with Gasteiger partial charge in [0, 0.05) is 12.6 Å². The monoisotopic (exact) mass is 233 g/mol. The van der Waals surface area contributed by atoms with Crippen LogP contribution in [0.25, 0.3) is 0 Å². The third kappa shape index (κ3) is 1.61. The second-order valence-corrected chi connectivity index (χ2v) is 8.58. The van der Waals surface area contributed by atoms with Gasteiger partial charge in [0.1, 0.15) is 0 Å². The number of nitrogens with one attached hydrogen (secondary N) is 1. The smallest absolute Gasteiger partial charge is 0.0130 e. The van der Waals surface area contributed by atoms with Crippen LogP contribution in [0.1, 0.15) is 58.8 Å². The van der Waals surface area contributed by atoms with E-state index < -0.39 is 0 Å². The molecule has 1 N–H and O–H groups in total. The molecule has 0 aromatic carbocycles. The largest absolute Gasteiger partial charge is 0.313 e. The van der Waals surface area contributed by atoms with Crippen molar-refractivity contribution in [2.24, 2.45) is 28.6 Å². The Balaban J connectivity index is 1.61. The van der Waals surface area contributed by atoms with E-state index in [0.29, 0.717) is 5.41 Å². The van der Waals surface area contributed by atoms with Crippen LogP contribution in [0.4, 0.5) is 0 Å². The van der Waals surface area contributed by atoms with Crippen LogP contribution >= 0.6 is 0 Å². The molecule has 96 valence electrons. The zero-order valence-corrected chi connectivity index (χ0v) is 11.5. The van der Waals surface area contributed by atoms with Crippen LogP contribution in [0.5, 0.6) is 0 Å². The molecule has 1 aliphatic heterocycles. The van der Waals surface area contributed by atoms with E-state index in [-0.39, 0.29) is 0 Å². The fraction of sp³-hybridized carbons (Fsp3) is 1.00. The Labute approximate surface area is 106 Å². The van der Waals surface area contributed by atoms with Gasteiger partial charge in [-0.05, 0) is 73.5 Å². The van der Waals surface area contributed by atoms with Gasteiger partial charge in [0.2, 0.25) is 0 Å². The molecule has 5 rings (SSSR count). The second-order valence-electron chi connectivity index (χ2n) is 8.58. The van der Waals surface area contributed by atoms with Gasteiger partial charge in [-0.25, -0.2) is 0 Å². The fourth-order valence-corrected chi connectivity index (χ4v) is 6.13. The molecular weight excluding hydrogens is 206 g/mol.